The van der Waals surface area contributed by atoms with Crippen LogP contribution in [0.4, 0.5) is 19.0 Å². The average Bonchev–Trinajstić information content (AvgIpc) is 3.26. The summed E-state index contributed by atoms with van der Waals surface area (Å²) in [6.45, 7) is 2.08. The van der Waals surface area contributed by atoms with Gasteiger partial charge in [-0.3, -0.25) is 9.48 Å². The molecule has 4 rings (SSSR count). The van der Waals surface area contributed by atoms with Crippen molar-refractivity contribution in [3.05, 3.63) is 64.1 Å². The maximum atomic E-state index is 12.8. The van der Waals surface area contributed by atoms with Crippen LogP contribution in [0, 0.1) is 12.8 Å². The van der Waals surface area contributed by atoms with Gasteiger partial charge in [0.15, 0.2) is 5.82 Å². The third-order valence-corrected chi connectivity index (χ3v) is 5.70. The van der Waals surface area contributed by atoms with E-state index in [1.54, 1.807) is 23.2 Å². The van der Waals surface area contributed by atoms with E-state index in [4.69, 9.17) is 0 Å². The van der Waals surface area contributed by atoms with E-state index in [2.05, 4.69) is 15.4 Å². The maximum absolute atomic E-state index is 12.8. The lowest BCUT2D eigenvalue weighted by atomic mass is 9.96. The Kier molecular flexibility index (Phi) is 4.99. The molecule has 1 atom stereocenters. The second-order valence-electron chi connectivity index (χ2n) is 6.77. The zero-order valence-corrected chi connectivity index (χ0v) is 16.2. The van der Waals surface area contributed by atoms with Crippen molar-refractivity contribution in [1.29, 1.82) is 0 Å². The van der Waals surface area contributed by atoms with Crippen molar-refractivity contribution in [2.24, 2.45) is 5.92 Å². The van der Waals surface area contributed by atoms with Gasteiger partial charge >= 0.3 is 6.18 Å². The van der Waals surface area contributed by atoms with E-state index in [9.17, 15) is 18.0 Å². The lowest BCUT2D eigenvalue weighted by Crippen LogP contribution is -2.22. The summed E-state index contributed by atoms with van der Waals surface area (Å²) in [5.41, 5.74) is 3.79. The highest BCUT2D eigenvalue weighted by Crippen LogP contribution is 2.33. The van der Waals surface area contributed by atoms with E-state index in [0.29, 0.717) is 22.9 Å². The number of aryl methyl sites for hydroxylation is 1. The van der Waals surface area contributed by atoms with Crippen molar-refractivity contribution in [3.8, 4) is 0 Å². The number of rotatable bonds is 4. The molecule has 1 unspecified atom stereocenters. The summed E-state index contributed by atoms with van der Waals surface area (Å²) < 4.78 is 40.2. The fourth-order valence-electron chi connectivity index (χ4n) is 3.22. The number of allylic oxidation sites excluding steroid dienone is 4. The van der Waals surface area contributed by atoms with Crippen LogP contribution >= 0.6 is 11.3 Å². The molecule has 9 heteroatoms. The number of amides is 1. The summed E-state index contributed by atoms with van der Waals surface area (Å²) in [5, 5.41) is 8.09. The summed E-state index contributed by atoms with van der Waals surface area (Å²) >= 11 is 1.25. The predicted octanol–water partition coefficient (Wildman–Crippen LogP) is 5.12. The monoisotopic (exact) mass is 418 g/mol. The quantitative estimate of drug-likeness (QED) is 0.640. The lowest BCUT2D eigenvalue weighted by Gasteiger charge is -2.19. The molecule has 1 aromatic carbocycles. The van der Waals surface area contributed by atoms with Crippen LogP contribution < -0.4 is 5.32 Å². The molecule has 0 fully saturated rings. The van der Waals surface area contributed by atoms with Crippen molar-refractivity contribution in [2.75, 3.05) is 5.32 Å². The maximum Gasteiger partial charge on any atom is 0.395 e. The molecular formula is C20H17F3N4OS. The number of alkyl halides is 3. The van der Waals surface area contributed by atoms with E-state index >= 15 is 0 Å². The van der Waals surface area contributed by atoms with E-state index in [-0.39, 0.29) is 12.3 Å². The van der Waals surface area contributed by atoms with Gasteiger partial charge in [-0.2, -0.15) is 18.3 Å². The second-order valence-corrected chi connectivity index (χ2v) is 7.62. The van der Waals surface area contributed by atoms with E-state index in [1.165, 1.54) is 23.5 Å². The van der Waals surface area contributed by atoms with Crippen LogP contribution in [-0.2, 0) is 6.54 Å². The Hall–Kier alpha value is -2.94. The number of nitrogens with one attached hydrogen (secondary N) is 1. The first-order chi connectivity index (χ1) is 13.8. The summed E-state index contributed by atoms with van der Waals surface area (Å²) in [6.07, 6.45) is -0.0349. The summed E-state index contributed by atoms with van der Waals surface area (Å²) in [7, 11) is 0. The SMILES string of the molecule is Cc1ncsc1C(=O)Nc1nn(CC2=CCC(C(F)(F)F)C=C2)c2ccccc12. The van der Waals surface area contributed by atoms with Gasteiger partial charge in [0.25, 0.3) is 5.91 Å². The van der Waals surface area contributed by atoms with Crippen LogP contribution in [-0.4, -0.2) is 26.8 Å². The number of aromatic nitrogens is 3. The van der Waals surface area contributed by atoms with Gasteiger partial charge in [0.2, 0.25) is 0 Å². The van der Waals surface area contributed by atoms with Crippen LogP contribution in [0.3, 0.4) is 0 Å². The zero-order valence-electron chi connectivity index (χ0n) is 15.4. The van der Waals surface area contributed by atoms with Crippen LogP contribution in [0.5, 0.6) is 0 Å². The van der Waals surface area contributed by atoms with E-state index < -0.39 is 12.1 Å². The summed E-state index contributed by atoms with van der Waals surface area (Å²) in [5.74, 6) is -1.32. The fraction of sp³-hybridized carbons (Fsp3) is 0.250. The number of anilines is 1. The number of hydrogen-bond acceptors (Lipinski definition) is 4. The molecule has 5 nitrogen and oxygen atoms in total. The van der Waals surface area contributed by atoms with Gasteiger partial charge < -0.3 is 5.32 Å². The molecular weight excluding hydrogens is 401 g/mol. The fourth-order valence-corrected chi connectivity index (χ4v) is 3.92. The minimum Gasteiger partial charge on any atom is -0.304 e. The van der Waals surface area contributed by atoms with Gasteiger partial charge in [-0.15, -0.1) is 11.3 Å². The van der Waals surface area contributed by atoms with Crippen molar-refractivity contribution in [2.45, 2.75) is 26.1 Å². The first-order valence-corrected chi connectivity index (χ1v) is 9.82. The largest absolute Gasteiger partial charge is 0.395 e. The Morgan fingerprint density at radius 1 is 1.34 bits per heavy atom. The minimum atomic E-state index is -4.23. The molecule has 1 aliphatic carbocycles. The number of carbonyl (C=O) groups excluding carboxylic acids is 1. The Morgan fingerprint density at radius 3 is 2.79 bits per heavy atom. The smallest absolute Gasteiger partial charge is 0.304 e. The normalized spacial score (nSPS) is 16.8. The van der Waals surface area contributed by atoms with Gasteiger partial charge in [0.05, 0.1) is 29.2 Å². The average molecular weight is 418 g/mol. The molecule has 29 heavy (non-hydrogen) atoms. The number of fused-ring (bicyclic) bond motifs is 1. The van der Waals surface area contributed by atoms with E-state index in [1.807, 2.05) is 24.3 Å². The van der Waals surface area contributed by atoms with Crippen molar-refractivity contribution < 1.29 is 18.0 Å². The standard InChI is InChI=1S/C20H17F3N4OS/c1-12-17(29-11-24-12)19(28)25-18-15-4-2-3-5-16(15)27(26-18)10-13-6-8-14(9-7-13)20(21,22)23/h2-8,11,14H,9-10H2,1H3,(H,25,26,28). The second kappa shape index (κ2) is 7.47. The van der Waals surface area contributed by atoms with Crippen molar-refractivity contribution >= 4 is 34.0 Å². The molecule has 0 saturated carbocycles. The molecule has 0 radical (unpaired) electrons. The molecule has 0 saturated heterocycles. The Balaban J connectivity index is 1.59. The minimum absolute atomic E-state index is 0.0806. The molecule has 0 bridgehead atoms. The van der Waals surface area contributed by atoms with Gasteiger partial charge in [0, 0.05) is 5.39 Å². The number of thiazole rings is 1. The van der Waals surface area contributed by atoms with Crippen LogP contribution in [0.25, 0.3) is 10.9 Å². The Morgan fingerprint density at radius 2 is 2.14 bits per heavy atom. The molecule has 150 valence electrons. The van der Waals surface area contributed by atoms with Gasteiger partial charge in [0.1, 0.15) is 4.88 Å². The highest BCUT2D eigenvalue weighted by Gasteiger charge is 2.37. The first kappa shape index (κ1) is 19.4. The number of para-hydroxylation sites is 1. The molecule has 2 aromatic heterocycles. The topological polar surface area (TPSA) is 59.8 Å². The Bertz CT molecular complexity index is 1130. The number of carbonyl (C=O) groups is 1. The van der Waals surface area contributed by atoms with Crippen LogP contribution in [0.2, 0.25) is 0 Å². The lowest BCUT2D eigenvalue weighted by molar-refractivity contribution is -0.160. The summed E-state index contributed by atoms with van der Waals surface area (Å²) in [4.78, 5) is 17.1. The molecule has 0 aliphatic heterocycles. The molecule has 2 heterocycles. The highest BCUT2D eigenvalue weighted by atomic mass is 32.1. The number of hydrogen-bond donors (Lipinski definition) is 1. The van der Waals surface area contributed by atoms with Crippen LogP contribution in [0.1, 0.15) is 21.8 Å². The van der Waals surface area contributed by atoms with Gasteiger partial charge in [-0.25, -0.2) is 4.98 Å². The number of nitrogens with zero attached hydrogens (tertiary/aromatic N) is 3. The third-order valence-electron chi connectivity index (χ3n) is 4.77. The predicted molar refractivity (Wildman–Crippen MR) is 106 cm³/mol. The molecule has 0 spiro atoms. The molecule has 3 aromatic rings. The molecule has 1 amide bonds. The van der Waals surface area contributed by atoms with Crippen molar-refractivity contribution in [1.82, 2.24) is 14.8 Å². The van der Waals surface area contributed by atoms with E-state index in [0.717, 1.165) is 16.5 Å². The molecule has 1 N–H and O–H groups in total. The molecule has 1 aliphatic rings. The highest BCUT2D eigenvalue weighted by molar-refractivity contribution is 7.12. The first-order valence-electron chi connectivity index (χ1n) is 8.94. The van der Waals surface area contributed by atoms with Gasteiger partial charge in [-0.05, 0) is 31.1 Å². The Labute approximate surface area is 168 Å². The number of halogens is 3. The zero-order chi connectivity index (χ0) is 20.6. The summed E-state index contributed by atoms with van der Waals surface area (Å²) in [6, 6.07) is 7.40. The third kappa shape index (κ3) is 3.95. The van der Waals surface area contributed by atoms with Crippen molar-refractivity contribution in [3.63, 3.8) is 0 Å². The van der Waals surface area contributed by atoms with Gasteiger partial charge in [-0.1, -0.05) is 30.4 Å². The van der Waals surface area contributed by atoms with Crippen LogP contribution in [0.15, 0.2) is 53.6 Å². The number of benzene rings is 1.